The second-order valence-corrected chi connectivity index (χ2v) is 5.06. The summed E-state index contributed by atoms with van der Waals surface area (Å²) < 4.78 is 0. The maximum Gasteiger partial charge on any atom is 0.315 e. The molecule has 0 saturated carbocycles. The van der Waals surface area contributed by atoms with Crippen LogP contribution in [0.25, 0.3) is 0 Å². The third-order valence-corrected chi connectivity index (χ3v) is 2.83. The van der Waals surface area contributed by atoms with Crippen LogP contribution in [0.3, 0.4) is 0 Å². The zero-order valence-corrected chi connectivity index (χ0v) is 11.8. The van der Waals surface area contributed by atoms with Crippen molar-refractivity contribution in [1.82, 2.24) is 10.6 Å². The van der Waals surface area contributed by atoms with Gasteiger partial charge in [0.1, 0.15) is 0 Å². The molecule has 0 saturated heterocycles. The topological polar surface area (TPSA) is 81.3 Å². The summed E-state index contributed by atoms with van der Waals surface area (Å²) in [6, 6.07) is -1.35. The smallest absolute Gasteiger partial charge is 0.315 e. The highest BCUT2D eigenvalue weighted by Crippen LogP contribution is 2.03. The summed E-state index contributed by atoms with van der Waals surface area (Å²) >= 11 is 0. The van der Waals surface area contributed by atoms with Gasteiger partial charge in [0.05, 0.1) is 12.0 Å². The van der Waals surface area contributed by atoms with E-state index in [1.54, 1.807) is 13.8 Å². The van der Waals surface area contributed by atoms with E-state index in [1.165, 1.54) is 0 Å². The van der Waals surface area contributed by atoms with E-state index in [0.717, 1.165) is 25.7 Å². The Kier molecular flexibility index (Phi) is 8.16. The molecular formula is C13H25N2O3-. The molecule has 5 nitrogen and oxygen atoms in total. The second kappa shape index (κ2) is 8.78. The van der Waals surface area contributed by atoms with Gasteiger partial charge in [0.2, 0.25) is 0 Å². The molecule has 0 aliphatic rings. The number of nitrogens with one attached hydrogen (secondary N) is 2. The zero-order valence-electron chi connectivity index (χ0n) is 11.8. The predicted octanol–water partition coefficient (Wildman–Crippen LogP) is 1.03. The minimum atomic E-state index is -1.25. The molecule has 0 bridgehead atoms. The van der Waals surface area contributed by atoms with Crippen LogP contribution < -0.4 is 15.7 Å². The minimum absolute atomic E-state index is 0.0473. The zero-order chi connectivity index (χ0) is 14.1. The number of unbranched alkanes of at least 4 members (excludes halogenated alkanes) is 2. The standard InChI is InChI=1S/C13H26N2O3/c1-5-6-7-8-10(4)14-13(18)15-11(9(2)3)12(16)17/h9-11H,5-8H2,1-4H3,(H,16,17)(H2,14,15,18)/p-1/t10-,11+/m0/s1. The number of amides is 2. The Morgan fingerprint density at radius 2 is 1.72 bits per heavy atom. The van der Waals surface area contributed by atoms with Gasteiger partial charge in [-0.3, -0.25) is 0 Å². The van der Waals surface area contributed by atoms with E-state index in [-0.39, 0.29) is 12.0 Å². The molecule has 0 aliphatic heterocycles. The number of carbonyl (C=O) groups is 2. The maximum absolute atomic E-state index is 11.6. The van der Waals surface area contributed by atoms with Gasteiger partial charge < -0.3 is 20.5 Å². The van der Waals surface area contributed by atoms with Crippen LogP contribution >= 0.6 is 0 Å². The van der Waals surface area contributed by atoms with E-state index >= 15 is 0 Å². The first-order chi connectivity index (χ1) is 8.38. The molecule has 0 aromatic carbocycles. The van der Waals surface area contributed by atoms with Crippen LogP contribution in [-0.4, -0.2) is 24.1 Å². The Morgan fingerprint density at radius 3 is 2.17 bits per heavy atom. The fourth-order valence-corrected chi connectivity index (χ4v) is 1.68. The van der Waals surface area contributed by atoms with Gasteiger partial charge in [-0.2, -0.15) is 0 Å². The van der Waals surface area contributed by atoms with E-state index < -0.39 is 18.0 Å². The van der Waals surface area contributed by atoms with Crippen LogP contribution in [0.2, 0.25) is 0 Å². The van der Waals surface area contributed by atoms with Gasteiger partial charge in [0.15, 0.2) is 0 Å². The molecule has 0 rings (SSSR count). The van der Waals surface area contributed by atoms with E-state index in [2.05, 4.69) is 17.6 Å². The quantitative estimate of drug-likeness (QED) is 0.637. The van der Waals surface area contributed by atoms with Gasteiger partial charge in [0, 0.05) is 6.04 Å². The summed E-state index contributed by atoms with van der Waals surface area (Å²) in [7, 11) is 0. The Morgan fingerprint density at radius 1 is 1.11 bits per heavy atom. The average Bonchev–Trinajstić information content (AvgIpc) is 2.25. The Labute approximate surface area is 109 Å². The molecule has 5 heteroatoms. The summed E-state index contributed by atoms with van der Waals surface area (Å²) in [6.45, 7) is 7.49. The fourth-order valence-electron chi connectivity index (χ4n) is 1.68. The SMILES string of the molecule is CCCCC[C@H](C)NC(=O)N[C@@H](C(=O)[O-])C(C)C. The average molecular weight is 257 g/mol. The summed E-state index contributed by atoms with van der Waals surface area (Å²) in [5, 5.41) is 16.0. The molecule has 0 radical (unpaired) electrons. The minimum Gasteiger partial charge on any atom is -0.548 e. The van der Waals surface area contributed by atoms with Crippen molar-refractivity contribution in [2.75, 3.05) is 0 Å². The van der Waals surface area contributed by atoms with E-state index in [9.17, 15) is 14.7 Å². The van der Waals surface area contributed by atoms with Crippen LogP contribution in [-0.2, 0) is 4.79 Å². The largest absolute Gasteiger partial charge is 0.548 e. The normalized spacial score (nSPS) is 14.1. The molecule has 2 atom stereocenters. The van der Waals surface area contributed by atoms with Gasteiger partial charge in [-0.15, -0.1) is 0 Å². The molecule has 2 amide bonds. The third-order valence-electron chi connectivity index (χ3n) is 2.83. The van der Waals surface area contributed by atoms with Gasteiger partial charge in [0.25, 0.3) is 0 Å². The first-order valence-corrected chi connectivity index (χ1v) is 6.66. The second-order valence-electron chi connectivity index (χ2n) is 5.06. The number of urea groups is 1. The number of carboxylic acids is 1. The van der Waals surface area contributed by atoms with Gasteiger partial charge >= 0.3 is 6.03 Å². The first kappa shape index (κ1) is 16.7. The van der Waals surface area contributed by atoms with Crippen LogP contribution in [0.5, 0.6) is 0 Å². The van der Waals surface area contributed by atoms with Crippen molar-refractivity contribution in [3.8, 4) is 0 Å². The van der Waals surface area contributed by atoms with Gasteiger partial charge in [-0.05, 0) is 19.3 Å². The van der Waals surface area contributed by atoms with Crippen LogP contribution in [0.15, 0.2) is 0 Å². The number of carbonyl (C=O) groups excluding carboxylic acids is 2. The summed E-state index contributed by atoms with van der Waals surface area (Å²) in [5.74, 6) is -1.45. The van der Waals surface area contributed by atoms with Crippen molar-refractivity contribution in [2.45, 2.75) is 65.5 Å². The van der Waals surface area contributed by atoms with E-state index in [1.807, 2.05) is 6.92 Å². The molecule has 0 aromatic rings. The van der Waals surface area contributed by atoms with Crippen LogP contribution in [0.4, 0.5) is 4.79 Å². The lowest BCUT2D eigenvalue weighted by Crippen LogP contribution is -2.54. The van der Waals surface area contributed by atoms with Crippen molar-refractivity contribution in [3.05, 3.63) is 0 Å². The monoisotopic (exact) mass is 257 g/mol. The summed E-state index contributed by atoms with van der Waals surface area (Å²) in [5.41, 5.74) is 0. The highest BCUT2D eigenvalue weighted by Gasteiger charge is 2.17. The fraction of sp³-hybridized carbons (Fsp3) is 0.846. The van der Waals surface area contributed by atoms with Crippen LogP contribution in [0, 0.1) is 5.92 Å². The highest BCUT2D eigenvalue weighted by atomic mass is 16.4. The van der Waals surface area contributed by atoms with E-state index in [4.69, 9.17) is 0 Å². The van der Waals surface area contributed by atoms with E-state index in [0.29, 0.717) is 0 Å². The van der Waals surface area contributed by atoms with Crippen molar-refractivity contribution in [2.24, 2.45) is 5.92 Å². The number of rotatable bonds is 8. The molecule has 18 heavy (non-hydrogen) atoms. The van der Waals surface area contributed by atoms with Gasteiger partial charge in [-0.1, -0.05) is 40.0 Å². The first-order valence-electron chi connectivity index (χ1n) is 6.66. The highest BCUT2D eigenvalue weighted by molar-refractivity contribution is 5.81. The van der Waals surface area contributed by atoms with Gasteiger partial charge in [-0.25, -0.2) is 4.79 Å². The number of aliphatic carboxylic acids is 1. The lowest BCUT2D eigenvalue weighted by Gasteiger charge is -2.24. The Bertz CT molecular complexity index is 267. The lowest BCUT2D eigenvalue weighted by molar-refractivity contribution is -0.309. The Balaban J connectivity index is 4.04. The molecule has 0 fully saturated rings. The van der Waals surface area contributed by atoms with Crippen molar-refractivity contribution in [1.29, 1.82) is 0 Å². The lowest BCUT2D eigenvalue weighted by atomic mass is 10.1. The maximum atomic E-state index is 11.6. The molecule has 0 unspecified atom stereocenters. The number of hydrogen-bond acceptors (Lipinski definition) is 3. The summed E-state index contributed by atoms with van der Waals surface area (Å²) in [4.78, 5) is 22.4. The van der Waals surface area contributed by atoms with Crippen molar-refractivity contribution >= 4 is 12.0 Å². The molecule has 0 spiro atoms. The van der Waals surface area contributed by atoms with Crippen LogP contribution in [0.1, 0.15) is 53.4 Å². The number of hydrogen-bond donors (Lipinski definition) is 2. The number of carboxylic acid groups (broad SMARTS) is 1. The molecular weight excluding hydrogens is 232 g/mol. The predicted molar refractivity (Wildman–Crippen MR) is 68.9 cm³/mol. The van der Waals surface area contributed by atoms with Crippen molar-refractivity contribution in [3.63, 3.8) is 0 Å². The summed E-state index contributed by atoms with van der Waals surface area (Å²) in [6.07, 6.45) is 4.24. The van der Waals surface area contributed by atoms with Crippen molar-refractivity contribution < 1.29 is 14.7 Å². The molecule has 0 aromatic heterocycles. The molecule has 2 N–H and O–H groups in total. The Hall–Kier alpha value is -1.26. The molecule has 0 heterocycles. The third kappa shape index (κ3) is 7.14. The molecule has 106 valence electrons. The molecule has 0 aliphatic carbocycles.